The van der Waals surface area contributed by atoms with Crippen molar-refractivity contribution in [3.05, 3.63) is 27.2 Å². The first-order valence-corrected chi connectivity index (χ1v) is 7.15. The molecule has 0 aliphatic carbocycles. The van der Waals surface area contributed by atoms with Crippen LogP contribution in [0.25, 0.3) is 0 Å². The molecular weight excluding hydrogens is 306 g/mol. The fourth-order valence-electron chi connectivity index (χ4n) is 3.29. The van der Waals surface area contributed by atoms with Gasteiger partial charge < -0.3 is 15.2 Å². The van der Waals surface area contributed by atoms with Crippen molar-refractivity contribution in [2.45, 2.75) is 31.0 Å². The molecule has 2 bridgehead atoms. The summed E-state index contributed by atoms with van der Waals surface area (Å²) in [6.45, 7) is 1.92. The molecule has 0 amide bonds. The van der Waals surface area contributed by atoms with E-state index < -0.39 is 29.7 Å². The maximum atomic E-state index is 12.2. The Morgan fingerprint density at radius 2 is 2.35 bits per heavy atom. The van der Waals surface area contributed by atoms with Gasteiger partial charge in [0.05, 0.1) is 6.54 Å². The SMILES string of the molecule is COC1C2ON(C)C[C@]1(CN=O)OC2n1cc(C)c(N)nc1=O. The van der Waals surface area contributed by atoms with E-state index in [-0.39, 0.29) is 12.4 Å². The summed E-state index contributed by atoms with van der Waals surface area (Å²) >= 11 is 0. The average Bonchev–Trinajstić information content (AvgIpc) is 2.67. The summed E-state index contributed by atoms with van der Waals surface area (Å²) in [5.41, 5.74) is 4.76. The van der Waals surface area contributed by atoms with Crippen molar-refractivity contribution in [1.29, 1.82) is 0 Å². The number of rotatable bonds is 4. The fraction of sp³-hybridized carbons (Fsp3) is 0.692. The van der Waals surface area contributed by atoms with Gasteiger partial charge in [-0.15, -0.1) is 0 Å². The van der Waals surface area contributed by atoms with Crippen LogP contribution in [0.15, 0.2) is 16.2 Å². The van der Waals surface area contributed by atoms with Gasteiger partial charge in [0.15, 0.2) is 12.3 Å². The van der Waals surface area contributed by atoms with Gasteiger partial charge in [-0.1, -0.05) is 5.18 Å². The third kappa shape index (κ3) is 2.43. The summed E-state index contributed by atoms with van der Waals surface area (Å²) in [5.74, 6) is 0.165. The van der Waals surface area contributed by atoms with Crippen LogP contribution in [0.3, 0.4) is 0 Å². The zero-order valence-electron chi connectivity index (χ0n) is 13.1. The van der Waals surface area contributed by atoms with Crippen molar-refractivity contribution >= 4 is 5.82 Å². The third-order valence-electron chi connectivity index (χ3n) is 4.28. The van der Waals surface area contributed by atoms with Crippen LogP contribution in [0.2, 0.25) is 0 Å². The number of aromatic nitrogens is 2. The summed E-state index contributed by atoms with van der Waals surface area (Å²) in [4.78, 5) is 32.6. The molecule has 10 heteroatoms. The molecule has 2 N–H and O–H groups in total. The monoisotopic (exact) mass is 325 g/mol. The lowest BCUT2D eigenvalue weighted by Gasteiger charge is -2.39. The number of hydroxylamine groups is 2. The number of nitrogens with two attached hydrogens (primary N) is 1. The second kappa shape index (κ2) is 5.64. The van der Waals surface area contributed by atoms with Gasteiger partial charge in [0, 0.05) is 25.9 Å². The molecule has 3 heterocycles. The fourth-order valence-corrected chi connectivity index (χ4v) is 3.29. The molecule has 2 aliphatic rings. The van der Waals surface area contributed by atoms with Crippen molar-refractivity contribution in [3.63, 3.8) is 0 Å². The van der Waals surface area contributed by atoms with Gasteiger partial charge in [-0.3, -0.25) is 9.40 Å². The van der Waals surface area contributed by atoms with E-state index in [1.54, 1.807) is 25.2 Å². The highest BCUT2D eigenvalue weighted by Crippen LogP contribution is 2.44. The van der Waals surface area contributed by atoms with Crippen LogP contribution < -0.4 is 11.4 Å². The second-order valence-electron chi connectivity index (χ2n) is 5.87. The van der Waals surface area contributed by atoms with E-state index in [9.17, 15) is 9.70 Å². The topological polar surface area (TPSA) is 121 Å². The van der Waals surface area contributed by atoms with Gasteiger partial charge >= 0.3 is 5.69 Å². The Morgan fingerprint density at radius 1 is 1.61 bits per heavy atom. The molecule has 2 fully saturated rings. The number of ether oxygens (including phenoxy) is 2. The molecule has 10 nitrogen and oxygen atoms in total. The summed E-state index contributed by atoms with van der Waals surface area (Å²) in [6.07, 6.45) is -0.367. The highest BCUT2D eigenvalue weighted by atomic mass is 16.7. The normalized spacial score (nSPS) is 33.8. The van der Waals surface area contributed by atoms with Crippen LogP contribution in [0.1, 0.15) is 11.8 Å². The minimum Gasteiger partial charge on any atom is -0.383 e. The zero-order valence-corrected chi connectivity index (χ0v) is 13.1. The Kier molecular flexibility index (Phi) is 3.92. The van der Waals surface area contributed by atoms with Crippen molar-refractivity contribution in [2.75, 3.05) is 33.0 Å². The lowest BCUT2D eigenvalue weighted by Crippen LogP contribution is -2.59. The van der Waals surface area contributed by atoms with Crippen molar-refractivity contribution in [2.24, 2.45) is 5.18 Å². The number of anilines is 1. The van der Waals surface area contributed by atoms with Crippen molar-refractivity contribution < 1.29 is 14.3 Å². The van der Waals surface area contributed by atoms with Crippen LogP contribution >= 0.6 is 0 Å². The van der Waals surface area contributed by atoms with Crippen molar-refractivity contribution in [1.82, 2.24) is 14.6 Å². The molecule has 3 unspecified atom stereocenters. The smallest absolute Gasteiger partial charge is 0.351 e. The first kappa shape index (κ1) is 16.0. The maximum absolute atomic E-state index is 12.2. The minimum absolute atomic E-state index is 0.109. The predicted octanol–water partition coefficient (Wildman–Crippen LogP) is -0.571. The number of fused-ring (bicyclic) bond motifs is 2. The molecule has 0 saturated carbocycles. The molecule has 3 rings (SSSR count). The van der Waals surface area contributed by atoms with E-state index in [0.717, 1.165) is 0 Å². The Hall–Kier alpha value is -1.88. The number of aryl methyl sites for hydroxylation is 1. The third-order valence-corrected chi connectivity index (χ3v) is 4.28. The van der Waals surface area contributed by atoms with E-state index in [1.807, 2.05) is 0 Å². The van der Waals surface area contributed by atoms with Crippen LogP contribution in [0.4, 0.5) is 5.82 Å². The van der Waals surface area contributed by atoms with Crippen LogP contribution in [-0.4, -0.2) is 59.7 Å². The van der Waals surface area contributed by atoms with Crippen LogP contribution in [0, 0.1) is 11.8 Å². The Bertz CT molecular complexity index is 679. The van der Waals surface area contributed by atoms with Gasteiger partial charge in [-0.05, 0) is 6.92 Å². The molecule has 1 aromatic rings. The van der Waals surface area contributed by atoms with E-state index in [1.165, 1.54) is 11.7 Å². The molecule has 4 atom stereocenters. The first-order valence-electron chi connectivity index (χ1n) is 7.15. The van der Waals surface area contributed by atoms with Gasteiger partial charge in [0.25, 0.3) is 0 Å². The molecule has 126 valence electrons. The number of nitrogen functional groups attached to an aromatic ring is 1. The number of likely N-dealkylation sites (N-methyl/N-ethyl adjacent to an activating group) is 1. The summed E-state index contributed by atoms with van der Waals surface area (Å²) < 4.78 is 12.9. The minimum atomic E-state index is -0.979. The predicted molar refractivity (Wildman–Crippen MR) is 79.5 cm³/mol. The molecule has 2 saturated heterocycles. The van der Waals surface area contributed by atoms with E-state index in [0.29, 0.717) is 12.1 Å². The van der Waals surface area contributed by atoms with Crippen LogP contribution in [-0.2, 0) is 14.3 Å². The average molecular weight is 325 g/mol. The lowest BCUT2D eigenvalue weighted by molar-refractivity contribution is -0.255. The van der Waals surface area contributed by atoms with Gasteiger partial charge in [0.1, 0.15) is 24.1 Å². The second-order valence-corrected chi connectivity index (χ2v) is 5.87. The molecular formula is C13H19N5O5. The number of methoxy groups -OCH3 is 1. The number of hydrogen-bond acceptors (Lipinski definition) is 9. The molecule has 2 aliphatic heterocycles. The summed E-state index contributed by atoms with van der Waals surface area (Å²) in [6, 6.07) is 0. The molecule has 0 radical (unpaired) electrons. The van der Waals surface area contributed by atoms with E-state index >= 15 is 0 Å². The van der Waals surface area contributed by atoms with Gasteiger partial charge in [-0.25, -0.2) is 4.79 Å². The van der Waals surface area contributed by atoms with Crippen molar-refractivity contribution in [3.8, 4) is 0 Å². The van der Waals surface area contributed by atoms with E-state index in [4.69, 9.17) is 20.0 Å². The van der Waals surface area contributed by atoms with Gasteiger partial charge in [-0.2, -0.15) is 15.0 Å². The number of hydrogen-bond donors (Lipinski definition) is 1. The van der Waals surface area contributed by atoms with E-state index in [2.05, 4.69) is 10.2 Å². The number of nitrogens with zero attached hydrogens (tertiary/aromatic N) is 4. The molecule has 0 spiro atoms. The van der Waals surface area contributed by atoms with Crippen LogP contribution in [0.5, 0.6) is 0 Å². The number of nitroso groups, excluding NO2 is 1. The quantitative estimate of drug-likeness (QED) is 0.730. The Morgan fingerprint density at radius 3 is 3.00 bits per heavy atom. The highest BCUT2D eigenvalue weighted by Gasteiger charge is 2.61. The first-order chi connectivity index (χ1) is 10.9. The molecule has 0 aromatic carbocycles. The Balaban J connectivity index is 2.06. The molecule has 23 heavy (non-hydrogen) atoms. The standard InChI is InChI=1S/C13H19N5O5/c1-7-4-18(12(19)16-10(7)14)11-8-9(21-3)13(22-11,5-15-20)6-17(2)23-8/h4,8-9,11H,5-6H2,1-3H3,(H2,14,16,19)/t8?,9?,11?,13-/m0/s1. The summed E-state index contributed by atoms with van der Waals surface area (Å²) in [7, 11) is 3.23. The molecule has 1 aromatic heterocycles. The summed E-state index contributed by atoms with van der Waals surface area (Å²) in [5, 5.41) is 4.55. The maximum Gasteiger partial charge on any atom is 0.351 e. The lowest BCUT2D eigenvalue weighted by atomic mass is 9.93. The van der Waals surface area contributed by atoms with Gasteiger partial charge in [0.2, 0.25) is 0 Å². The highest BCUT2D eigenvalue weighted by molar-refractivity contribution is 5.35. The zero-order chi connectivity index (χ0) is 16.8. The Labute approximate surface area is 132 Å². The largest absolute Gasteiger partial charge is 0.383 e.